The van der Waals surface area contributed by atoms with Gasteiger partial charge in [0.25, 0.3) is 0 Å². The summed E-state index contributed by atoms with van der Waals surface area (Å²) in [7, 11) is 0. The smallest absolute Gasteiger partial charge is 0.408 e. The van der Waals surface area contributed by atoms with Gasteiger partial charge in [-0.15, -0.1) is 0 Å². The largest absolute Gasteiger partial charge is 0.434 e. The minimum Gasteiger partial charge on any atom is -0.434 e. The molecule has 1 aliphatic heterocycles. The molecule has 1 unspecified atom stereocenters. The number of unbranched alkanes of at least 4 members (excludes halogenated alkanes) is 1. The van der Waals surface area contributed by atoms with E-state index in [0.717, 1.165) is 24.3 Å². The van der Waals surface area contributed by atoms with Crippen LogP contribution in [0.25, 0.3) is 0 Å². The zero-order valence-electron chi connectivity index (χ0n) is 22.0. The number of rotatable bonds is 13. The van der Waals surface area contributed by atoms with Crippen LogP contribution in [-0.2, 0) is 20.2 Å². The van der Waals surface area contributed by atoms with Gasteiger partial charge in [0.15, 0.2) is 6.10 Å². The number of nitrogens with one attached hydrogen (secondary N) is 3. The van der Waals surface area contributed by atoms with Crippen molar-refractivity contribution in [2.45, 2.75) is 63.1 Å². The molecule has 4 atom stereocenters. The first-order valence-corrected chi connectivity index (χ1v) is 13.5. The maximum atomic E-state index is 15.7. The van der Waals surface area contributed by atoms with E-state index in [9.17, 15) is 23.9 Å². The highest BCUT2D eigenvalue weighted by Gasteiger charge is 2.46. The molecule has 1 heterocycles. The second kappa shape index (κ2) is 14.4. The number of amides is 3. The fourth-order valence-corrected chi connectivity index (χ4v) is 4.71. The van der Waals surface area contributed by atoms with E-state index in [1.165, 1.54) is 24.3 Å². The summed E-state index contributed by atoms with van der Waals surface area (Å²) in [4.78, 5) is 37.9. The van der Waals surface area contributed by atoms with Crippen molar-refractivity contribution in [3.8, 4) is 0 Å². The number of aliphatic hydroxyl groups is 1. The molecule has 4 N–H and O–H groups in total. The molecule has 1 aliphatic rings. The van der Waals surface area contributed by atoms with E-state index in [-0.39, 0.29) is 35.3 Å². The normalized spacial score (nSPS) is 17.4. The van der Waals surface area contributed by atoms with Crippen LogP contribution in [-0.4, -0.2) is 48.2 Å². The number of carbonyl (C=O) groups is 3. The van der Waals surface area contributed by atoms with E-state index in [2.05, 4.69) is 16.0 Å². The zero-order chi connectivity index (χ0) is 29.3. The first-order chi connectivity index (χ1) is 19.0. The highest BCUT2D eigenvalue weighted by molar-refractivity contribution is 6.30. The number of alkyl halides is 2. The average Bonchev–Trinajstić information content (AvgIpc) is 3.32. The third-order valence-electron chi connectivity index (χ3n) is 6.67. The number of benzene rings is 2. The monoisotopic (exact) mass is 583 g/mol. The fraction of sp³-hybridized carbons (Fsp3) is 0.464. The first kappa shape index (κ1) is 31.2. The van der Waals surface area contributed by atoms with Crippen LogP contribution in [0.5, 0.6) is 0 Å². The van der Waals surface area contributed by atoms with Crippen LogP contribution in [0.4, 0.5) is 18.0 Å². The van der Waals surface area contributed by atoms with Gasteiger partial charge in [-0.2, -0.15) is 8.78 Å². The lowest BCUT2D eigenvalue weighted by Crippen LogP contribution is -2.51. The second-order valence-electron chi connectivity index (χ2n) is 9.71. The lowest BCUT2D eigenvalue weighted by Gasteiger charge is -2.29. The predicted molar refractivity (Wildman–Crippen MR) is 142 cm³/mol. The van der Waals surface area contributed by atoms with Crippen molar-refractivity contribution in [3.05, 3.63) is 70.5 Å². The number of aliphatic hydroxyl groups excluding tert-OH is 1. The van der Waals surface area contributed by atoms with Crippen LogP contribution in [0.2, 0.25) is 5.02 Å². The Bertz CT molecular complexity index is 1190. The quantitative estimate of drug-likeness (QED) is 0.275. The van der Waals surface area contributed by atoms with E-state index >= 15 is 8.78 Å². The van der Waals surface area contributed by atoms with Crippen LogP contribution in [0.3, 0.4) is 0 Å². The van der Waals surface area contributed by atoms with Crippen LogP contribution in [0.1, 0.15) is 56.3 Å². The number of carbonyl (C=O) groups excluding carboxylic acids is 3. The Labute approximate surface area is 235 Å². The molecule has 3 amide bonds. The summed E-state index contributed by atoms with van der Waals surface area (Å²) >= 11 is 5.90. The maximum absolute atomic E-state index is 15.7. The Hall–Kier alpha value is -3.31. The molecule has 0 saturated carbocycles. The van der Waals surface area contributed by atoms with Gasteiger partial charge in [0.1, 0.15) is 11.9 Å². The van der Waals surface area contributed by atoms with Gasteiger partial charge in [-0.3, -0.25) is 9.59 Å². The molecular weight excluding hydrogens is 551 g/mol. The van der Waals surface area contributed by atoms with Gasteiger partial charge in [0.2, 0.25) is 11.8 Å². The molecule has 1 fully saturated rings. The SMILES string of the molecule is CCCC[C@H](NC(=O)OC(c1cccc(F)c1)C(F)(F)c1cccc(Cl)c1)C(=O)N[C@H](CO)C[C@@H]1CCNC1=O. The van der Waals surface area contributed by atoms with Crippen molar-refractivity contribution in [2.75, 3.05) is 13.2 Å². The fourth-order valence-electron chi connectivity index (χ4n) is 4.52. The molecule has 2 aromatic carbocycles. The molecule has 2 aromatic rings. The summed E-state index contributed by atoms with van der Waals surface area (Å²) < 4.78 is 50.5. The van der Waals surface area contributed by atoms with Crippen LogP contribution < -0.4 is 16.0 Å². The lowest BCUT2D eigenvalue weighted by molar-refractivity contribution is -0.128. The molecule has 0 spiro atoms. The highest BCUT2D eigenvalue weighted by atomic mass is 35.5. The van der Waals surface area contributed by atoms with Crippen molar-refractivity contribution in [2.24, 2.45) is 5.92 Å². The number of ether oxygens (including phenoxy) is 1. The van der Waals surface area contributed by atoms with Crippen molar-refractivity contribution in [3.63, 3.8) is 0 Å². The molecule has 0 bridgehead atoms. The lowest BCUT2D eigenvalue weighted by atomic mass is 9.97. The summed E-state index contributed by atoms with van der Waals surface area (Å²) in [5.41, 5.74) is -0.853. The Morgan fingerprint density at radius 1 is 1.20 bits per heavy atom. The van der Waals surface area contributed by atoms with Crippen molar-refractivity contribution < 1.29 is 37.4 Å². The standard InChI is InChI=1S/C28H33ClF3N3O5/c1-2-3-10-23(26(38)34-22(16-36)14-18-11-12-33-25(18)37)35-27(39)40-24(17-6-4-9-21(30)13-17)28(31,32)19-7-5-8-20(29)15-19/h4-9,13,15,18,22-24,36H,2-3,10-12,14,16H2,1H3,(H,33,37)(H,34,38)(H,35,39)/t18-,22-,23-,24?/m0/s1. The van der Waals surface area contributed by atoms with Gasteiger partial charge in [0, 0.05) is 28.6 Å². The molecule has 1 saturated heterocycles. The first-order valence-electron chi connectivity index (χ1n) is 13.1. The molecule has 0 aromatic heterocycles. The Morgan fingerprint density at radius 2 is 1.95 bits per heavy atom. The van der Waals surface area contributed by atoms with E-state index < -0.39 is 54.1 Å². The highest BCUT2D eigenvalue weighted by Crippen LogP contribution is 2.43. The average molecular weight is 584 g/mol. The molecule has 0 aliphatic carbocycles. The molecule has 0 radical (unpaired) electrons. The molecule has 8 nitrogen and oxygen atoms in total. The third kappa shape index (κ3) is 8.34. The minimum absolute atomic E-state index is 0.0319. The topological polar surface area (TPSA) is 117 Å². The van der Waals surface area contributed by atoms with Gasteiger partial charge in [-0.1, -0.05) is 55.6 Å². The van der Waals surface area contributed by atoms with E-state index in [1.807, 2.05) is 6.92 Å². The molecule has 218 valence electrons. The van der Waals surface area contributed by atoms with Gasteiger partial charge in [0.05, 0.1) is 12.6 Å². The Kier molecular flexibility index (Phi) is 11.2. The number of alkyl carbamates (subject to hydrolysis) is 1. The van der Waals surface area contributed by atoms with Crippen LogP contribution in [0, 0.1) is 11.7 Å². The number of hydrogen-bond donors (Lipinski definition) is 4. The van der Waals surface area contributed by atoms with E-state index in [0.29, 0.717) is 25.8 Å². The van der Waals surface area contributed by atoms with Crippen molar-refractivity contribution in [1.29, 1.82) is 0 Å². The minimum atomic E-state index is -3.82. The zero-order valence-corrected chi connectivity index (χ0v) is 22.7. The summed E-state index contributed by atoms with van der Waals surface area (Å²) in [6, 6.07) is 7.23. The van der Waals surface area contributed by atoms with Gasteiger partial charge in [-0.05, 0) is 43.5 Å². The predicted octanol–water partition coefficient (Wildman–Crippen LogP) is 4.60. The second-order valence-corrected chi connectivity index (χ2v) is 10.1. The molecule has 40 heavy (non-hydrogen) atoms. The van der Waals surface area contributed by atoms with Crippen LogP contribution in [0.15, 0.2) is 48.5 Å². The third-order valence-corrected chi connectivity index (χ3v) is 6.90. The molecule has 3 rings (SSSR count). The van der Waals surface area contributed by atoms with Gasteiger partial charge in [-0.25, -0.2) is 9.18 Å². The summed E-state index contributed by atoms with van der Waals surface area (Å²) in [5.74, 6) is -5.82. The Morgan fingerprint density at radius 3 is 2.58 bits per heavy atom. The Balaban J connectivity index is 1.78. The summed E-state index contributed by atoms with van der Waals surface area (Å²) in [6.45, 7) is 1.94. The van der Waals surface area contributed by atoms with Gasteiger partial charge >= 0.3 is 12.0 Å². The van der Waals surface area contributed by atoms with E-state index in [1.54, 1.807) is 0 Å². The van der Waals surface area contributed by atoms with Crippen molar-refractivity contribution in [1.82, 2.24) is 16.0 Å². The molecule has 12 heteroatoms. The maximum Gasteiger partial charge on any atom is 0.408 e. The van der Waals surface area contributed by atoms with Crippen molar-refractivity contribution >= 4 is 29.5 Å². The number of hydrogen-bond acceptors (Lipinski definition) is 5. The van der Waals surface area contributed by atoms with Gasteiger partial charge < -0.3 is 25.8 Å². The van der Waals surface area contributed by atoms with Crippen LogP contribution >= 0.6 is 11.6 Å². The molecular formula is C28H33ClF3N3O5. The number of halogens is 4. The van der Waals surface area contributed by atoms with E-state index in [4.69, 9.17) is 16.3 Å². The summed E-state index contributed by atoms with van der Waals surface area (Å²) in [6.07, 6.45) is -1.45. The summed E-state index contributed by atoms with van der Waals surface area (Å²) in [5, 5.41) is 17.5.